The zero-order chi connectivity index (χ0) is 22.2. The minimum atomic E-state index is -1.06. The van der Waals surface area contributed by atoms with Crippen LogP contribution in [0, 0.1) is 0 Å². The van der Waals surface area contributed by atoms with Crippen molar-refractivity contribution in [1.29, 1.82) is 0 Å². The Kier molecular flexibility index (Phi) is 8.68. The maximum absolute atomic E-state index is 12.6. The van der Waals surface area contributed by atoms with Crippen molar-refractivity contribution >= 4 is 23.9 Å². The van der Waals surface area contributed by atoms with Crippen molar-refractivity contribution in [3.63, 3.8) is 0 Å². The van der Waals surface area contributed by atoms with Crippen LogP contribution < -0.4 is 0 Å². The van der Waals surface area contributed by atoms with Gasteiger partial charge >= 0.3 is 18.0 Å². The number of rotatable bonds is 10. The second-order valence-corrected chi connectivity index (χ2v) is 6.78. The lowest BCUT2D eigenvalue weighted by molar-refractivity contribution is -0.143. The SMILES string of the molecule is CC=C(O)C(=O)OCCCN1C(=O)N(CCCOC(=O)C(O)=CC)C(C)(C)C1=O. The summed E-state index contributed by atoms with van der Waals surface area (Å²) >= 11 is 0. The Labute approximate surface area is 169 Å². The molecule has 1 aliphatic heterocycles. The molecule has 10 heteroatoms. The van der Waals surface area contributed by atoms with E-state index in [4.69, 9.17) is 9.47 Å². The topological polar surface area (TPSA) is 134 Å². The number of ether oxygens (including phenoxy) is 2. The van der Waals surface area contributed by atoms with Gasteiger partial charge in [-0.15, -0.1) is 0 Å². The summed E-state index contributed by atoms with van der Waals surface area (Å²) in [5.74, 6) is -3.10. The first-order valence-corrected chi connectivity index (χ1v) is 9.26. The first-order chi connectivity index (χ1) is 13.6. The summed E-state index contributed by atoms with van der Waals surface area (Å²) < 4.78 is 9.72. The molecular formula is C19H28N2O8. The van der Waals surface area contributed by atoms with E-state index in [1.54, 1.807) is 13.8 Å². The van der Waals surface area contributed by atoms with Crippen LogP contribution in [0.2, 0.25) is 0 Å². The van der Waals surface area contributed by atoms with Crippen molar-refractivity contribution in [2.75, 3.05) is 26.3 Å². The van der Waals surface area contributed by atoms with E-state index >= 15 is 0 Å². The number of carbonyl (C=O) groups is 4. The fraction of sp³-hybridized carbons (Fsp3) is 0.579. The highest BCUT2D eigenvalue weighted by atomic mass is 16.5. The summed E-state index contributed by atoms with van der Waals surface area (Å²) in [6.07, 6.45) is 2.93. The number of amides is 3. The average Bonchev–Trinajstić information content (AvgIpc) is 2.85. The summed E-state index contributed by atoms with van der Waals surface area (Å²) in [6, 6.07) is -0.481. The third kappa shape index (κ3) is 5.97. The van der Waals surface area contributed by atoms with Crippen molar-refractivity contribution in [3.8, 4) is 0 Å². The van der Waals surface area contributed by atoms with Crippen LogP contribution in [0.25, 0.3) is 0 Å². The molecule has 0 atom stereocenters. The second kappa shape index (κ2) is 10.5. The highest BCUT2D eigenvalue weighted by molar-refractivity contribution is 6.06. The highest BCUT2D eigenvalue weighted by Crippen LogP contribution is 2.27. The molecule has 1 heterocycles. The van der Waals surface area contributed by atoms with Gasteiger partial charge in [-0.05, 0) is 52.7 Å². The van der Waals surface area contributed by atoms with Crippen molar-refractivity contribution in [3.05, 3.63) is 23.7 Å². The normalized spacial score (nSPS) is 17.0. The van der Waals surface area contributed by atoms with Gasteiger partial charge in [-0.25, -0.2) is 14.4 Å². The first-order valence-electron chi connectivity index (χ1n) is 9.26. The first kappa shape index (κ1) is 24.0. The summed E-state index contributed by atoms with van der Waals surface area (Å²) in [4.78, 5) is 50.4. The van der Waals surface area contributed by atoms with Crippen LogP contribution in [-0.2, 0) is 23.9 Å². The molecule has 10 nitrogen and oxygen atoms in total. The number of aliphatic hydroxyl groups excluding tert-OH is 2. The van der Waals surface area contributed by atoms with Gasteiger partial charge in [0.2, 0.25) is 0 Å². The van der Waals surface area contributed by atoms with E-state index in [1.165, 1.54) is 30.9 Å². The zero-order valence-electron chi connectivity index (χ0n) is 17.1. The van der Waals surface area contributed by atoms with Gasteiger partial charge in [-0.3, -0.25) is 9.69 Å². The van der Waals surface area contributed by atoms with Crippen LogP contribution in [0.3, 0.4) is 0 Å². The smallest absolute Gasteiger partial charge is 0.373 e. The molecular weight excluding hydrogens is 384 g/mol. The molecule has 0 saturated carbocycles. The molecule has 0 spiro atoms. The van der Waals surface area contributed by atoms with E-state index in [-0.39, 0.29) is 38.6 Å². The Bertz CT molecular complexity index is 711. The van der Waals surface area contributed by atoms with Crippen LogP contribution in [0.15, 0.2) is 23.7 Å². The Hall–Kier alpha value is -3.04. The fourth-order valence-corrected chi connectivity index (χ4v) is 2.65. The Balaban J connectivity index is 2.54. The van der Waals surface area contributed by atoms with E-state index in [0.717, 1.165) is 4.90 Å². The van der Waals surface area contributed by atoms with Gasteiger partial charge < -0.3 is 24.6 Å². The maximum atomic E-state index is 12.6. The quantitative estimate of drug-likeness (QED) is 0.182. The fourth-order valence-electron chi connectivity index (χ4n) is 2.65. The summed E-state index contributed by atoms with van der Waals surface area (Å²) in [7, 11) is 0. The van der Waals surface area contributed by atoms with Crippen LogP contribution in [-0.4, -0.2) is 75.7 Å². The van der Waals surface area contributed by atoms with Gasteiger partial charge in [0.1, 0.15) is 5.54 Å². The number of carbonyl (C=O) groups excluding carboxylic acids is 4. The predicted molar refractivity (Wildman–Crippen MR) is 102 cm³/mol. The van der Waals surface area contributed by atoms with Crippen molar-refractivity contribution in [2.45, 2.75) is 46.1 Å². The minimum absolute atomic E-state index is 0.0187. The van der Waals surface area contributed by atoms with E-state index in [1.807, 2.05) is 0 Å². The van der Waals surface area contributed by atoms with E-state index in [0.29, 0.717) is 6.42 Å². The summed E-state index contributed by atoms with van der Waals surface area (Å²) in [5, 5.41) is 18.5. The highest BCUT2D eigenvalue weighted by Gasteiger charge is 2.50. The van der Waals surface area contributed by atoms with Crippen molar-refractivity contribution in [1.82, 2.24) is 9.80 Å². The van der Waals surface area contributed by atoms with Crippen LogP contribution >= 0.6 is 0 Å². The molecule has 1 saturated heterocycles. The van der Waals surface area contributed by atoms with Gasteiger partial charge in [-0.1, -0.05) is 0 Å². The van der Waals surface area contributed by atoms with E-state index in [9.17, 15) is 29.4 Å². The molecule has 0 aromatic rings. The van der Waals surface area contributed by atoms with Gasteiger partial charge in [0.25, 0.3) is 5.91 Å². The Morgan fingerprint density at radius 2 is 1.38 bits per heavy atom. The number of nitrogens with zero attached hydrogens (tertiary/aromatic N) is 2. The second-order valence-electron chi connectivity index (χ2n) is 6.78. The third-order valence-electron chi connectivity index (χ3n) is 4.39. The molecule has 29 heavy (non-hydrogen) atoms. The van der Waals surface area contributed by atoms with Crippen molar-refractivity contribution in [2.24, 2.45) is 0 Å². The molecule has 0 bridgehead atoms. The Morgan fingerprint density at radius 3 is 1.83 bits per heavy atom. The molecule has 1 rings (SSSR count). The van der Waals surface area contributed by atoms with E-state index < -0.39 is 35.0 Å². The number of esters is 2. The molecule has 3 amide bonds. The molecule has 1 fully saturated rings. The molecule has 1 aliphatic rings. The summed E-state index contributed by atoms with van der Waals surface area (Å²) in [6.45, 7) is 6.39. The lowest BCUT2D eigenvalue weighted by Gasteiger charge is -2.27. The van der Waals surface area contributed by atoms with Gasteiger partial charge in [0, 0.05) is 13.1 Å². The predicted octanol–water partition coefficient (Wildman–Crippen LogP) is 1.82. The molecule has 0 aromatic heterocycles. The number of aliphatic hydroxyl groups is 2. The maximum Gasteiger partial charge on any atom is 0.373 e. The molecule has 162 valence electrons. The van der Waals surface area contributed by atoms with Gasteiger partial charge in [-0.2, -0.15) is 0 Å². The molecule has 0 aromatic carbocycles. The molecule has 0 unspecified atom stereocenters. The molecule has 0 radical (unpaired) electrons. The number of hydrogen-bond acceptors (Lipinski definition) is 8. The van der Waals surface area contributed by atoms with Crippen LogP contribution in [0.5, 0.6) is 0 Å². The standard InChI is InChI=1S/C19H28N2O8/c1-5-13(22)15(24)28-11-7-9-20-17(26)19(3,4)21(18(20)27)10-8-12-29-16(25)14(23)6-2/h5-6,22-23H,7-12H2,1-4H3. The lowest BCUT2D eigenvalue weighted by Crippen LogP contribution is -2.44. The Morgan fingerprint density at radius 1 is 0.931 bits per heavy atom. The van der Waals surface area contributed by atoms with Crippen LogP contribution in [0.1, 0.15) is 40.5 Å². The van der Waals surface area contributed by atoms with Gasteiger partial charge in [0.05, 0.1) is 13.2 Å². The van der Waals surface area contributed by atoms with Gasteiger partial charge in [0.15, 0.2) is 11.5 Å². The minimum Gasteiger partial charge on any atom is -0.502 e. The number of hydrogen-bond donors (Lipinski definition) is 2. The zero-order valence-corrected chi connectivity index (χ0v) is 17.1. The number of allylic oxidation sites excluding steroid dienone is 2. The van der Waals surface area contributed by atoms with E-state index in [2.05, 4.69) is 0 Å². The molecule has 2 N–H and O–H groups in total. The largest absolute Gasteiger partial charge is 0.502 e. The summed E-state index contributed by atoms with van der Waals surface area (Å²) in [5.41, 5.74) is -1.06. The third-order valence-corrected chi connectivity index (χ3v) is 4.39. The lowest BCUT2D eigenvalue weighted by atomic mass is 10.0. The number of imide groups is 1. The monoisotopic (exact) mass is 412 g/mol. The number of urea groups is 1. The molecule has 0 aliphatic carbocycles. The average molecular weight is 412 g/mol. The van der Waals surface area contributed by atoms with Crippen LogP contribution in [0.4, 0.5) is 4.79 Å². The van der Waals surface area contributed by atoms with Crippen molar-refractivity contribution < 1.29 is 38.9 Å².